The molecule has 0 spiro atoms. The molecule has 0 aromatic heterocycles. The third kappa shape index (κ3) is 9.61. The highest BCUT2D eigenvalue weighted by Crippen LogP contribution is 2.33. The van der Waals surface area contributed by atoms with E-state index in [2.05, 4.69) is 10.6 Å². The normalized spacial score (nSPS) is 13.6. The number of nitrogens with one attached hydrogen (secondary N) is 3. The maximum Gasteiger partial charge on any atom is 0.334 e. The lowest BCUT2D eigenvalue weighted by Crippen LogP contribution is -2.54. The maximum absolute atomic E-state index is 11.8. The zero-order valence-corrected chi connectivity index (χ0v) is 13.5. The monoisotopic (exact) mass is 353 g/mol. The number of carbonyl (C=O) groups excluding carboxylic acids is 3. The van der Waals surface area contributed by atoms with Crippen LogP contribution in [-0.2, 0) is 23.7 Å². The van der Waals surface area contributed by atoms with Gasteiger partial charge in [-0.2, -0.15) is 0 Å². The van der Waals surface area contributed by atoms with Gasteiger partial charge in [-0.1, -0.05) is 6.92 Å². The van der Waals surface area contributed by atoms with Crippen molar-refractivity contribution in [3.8, 4) is 0 Å². The average Bonchev–Trinajstić information content (AvgIpc) is 2.40. The number of amides is 3. The van der Waals surface area contributed by atoms with Crippen molar-refractivity contribution in [2.45, 2.75) is 32.4 Å². The van der Waals surface area contributed by atoms with Crippen molar-refractivity contribution in [2.24, 2.45) is 0 Å². The fraction of sp³-hybridized carbons (Fsp3) is 0.636. The van der Waals surface area contributed by atoms with Gasteiger partial charge < -0.3 is 30.8 Å². The van der Waals surface area contributed by atoms with Gasteiger partial charge in [-0.05, 0) is 6.92 Å². The number of rotatable bonds is 9. The van der Waals surface area contributed by atoms with E-state index in [1.165, 1.54) is 6.92 Å². The number of aliphatic carboxylic acids is 1. The average molecular weight is 353 g/mol. The Hall–Kier alpha value is -1.97. The Labute approximate surface area is 132 Å². The first-order valence-corrected chi connectivity index (χ1v) is 8.39. The molecular weight excluding hydrogens is 333 g/mol. The number of carbonyl (C=O) groups is 4. The molecule has 0 aliphatic carbocycles. The first-order valence-electron chi connectivity index (χ1n) is 6.60. The molecule has 0 unspecified atom stereocenters. The van der Waals surface area contributed by atoms with Crippen molar-refractivity contribution in [3.63, 3.8) is 0 Å². The number of carboxylic acids is 1. The number of carboxylic acid groups (broad SMARTS) is 1. The summed E-state index contributed by atoms with van der Waals surface area (Å²) in [5.41, 5.74) is 0. The summed E-state index contributed by atoms with van der Waals surface area (Å²) in [6, 6.07) is -2.49. The standard InChI is InChI=1S/C11H20N3O8P/c1-3-8(15)13-6(2)10(17)14-7(11(18)19)4-12-9(16)5-23(20,21)22/h6-7H,3-5H2,1-2H3,(H,12,16)(H,13,15)(H,14,17)(H,18,19)(H2,20,21,22)/t6-,7+/m0/s1. The van der Waals surface area contributed by atoms with Gasteiger partial charge >= 0.3 is 13.6 Å². The van der Waals surface area contributed by atoms with E-state index >= 15 is 0 Å². The summed E-state index contributed by atoms with van der Waals surface area (Å²) in [7, 11) is -4.56. The SMILES string of the molecule is CCC(=O)N[C@@H](C)C(=O)N[C@H](CNC(=O)CP(=O)(O)O)C(=O)O. The first kappa shape index (κ1) is 21.0. The van der Waals surface area contributed by atoms with E-state index in [9.17, 15) is 23.7 Å². The smallest absolute Gasteiger partial charge is 0.334 e. The molecule has 0 radical (unpaired) electrons. The Morgan fingerprint density at radius 2 is 1.65 bits per heavy atom. The van der Waals surface area contributed by atoms with Gasteiger partial charge in [-0.15, -0.1) is 0 Å². The Morgan fingerprint density at radius 1 is 1.09 bits per heavy atom. The molecule has 6 N–H and O–H groups in total. The zero-order valence-electron chi connectivity index (χ0n) is 12.6. The minimum atomic E-state index is -4.56. The van der Waals surface area contributed by atoms with Crippen LogP contribution in [0.4, 0.5) is 0 Å². The van der Waals surface area contributed by atoms with Crippen molar-refractivity contribution >= 4 is 31.3 Å². The second-order valence-corrected chi connectivity index (χ2v) is 6.31. The van der Waals surface area contributed by atoms with Crippen LogP contribution >= 0.6 is 7.60 Å². The van der Waals surface area contributed by atoms with E-state index < -0.39 is 56.1 Å². The predicted octanol–water partition coefficient (Wildman–Crippen LogP) is -2.24. The molecule has 0 aliphatic rings. The van der Waals surface area contributed by atoms with Crippen molar-refractivity contribution in [2.75, 3.05) is 12.7 Å². The van der Waals surface area contributed by atoms with Crippen LogP contribution in [0, 0.1) is 0 Å². The molecule has 0 fully saturated rings. The molecule has 0 saturated carbocycles. The predicted molar refractivity (Wildman–Crippen MR) is 77.4 cm³/mol. The second kappa shape index (κ2) is 9.23. The highest BCUT2D eigenvalue weighted by Gasteiger charge is 2.25. The number of hydrogen-bond acceptors (Lipinski definition) is 5. The summed E-state index contributed by atoms with van der Waals surface area (Å²) < 4.78 is 10.6. The topological polar surface area (TPSA) is 182 Å². The van der Waals surface area contributed by atoms with Gasteiger partial charge in [0.1, 0.15) is 18.2 Å². The molecule has 23 heavy (non-hydrogen) atoms. The molecule has 0 aromatic carbocycles. The van der Waals surface area contributed by atoms with Crippen LogP contribution in [0.3, 0.4) is 0 Å². The summed E-state index contributed by atoms with van der Waals surface area (Å²) in [5, 5.41) is 15.4. The van der Waals surface area contributed by atoms with Crippen LogP contribution in [0.5, 0.6) is 0 Å². The van der Waals surface area contributed by atoms with E-state index in [4.69, 9.17) is 14.9 Å². The van der Waals surface area contributed by atoms with Gasteiger partial charge in [0, 0.05) is 13.0 Å². The van der Waals surface area contributed by atoms with Crippen molar-refractivity contribution in [3.05, 3.63) is 0 Å². The summed E-state index contributed by atoms with van der Waals surface area (Å²) in [6.45, 7) is 2.37. The molecule has 0 rings (SSSR count). The molecular formula is C11H20N3O8P. The molecule has 3 amide bonds. The lowest BCUT2D eigenvalue weighted by Gasteiger charge is -2.19. The van der Waals surface area contributed by atoms with Gasteiger partial charge in [0.05, 0.1) is 0 Å². The fourth-order valence-corrected chi connectivity index (χ4v) is 1.85. The van der Waals surface area contributed by atoms with Gasteiger partial charge in [-0.25, -0.2) is 4.79 Å². The van der Waals surface area contributed by atoms with Crippen LogP contribution in [0.15, 0.2) is 0 Å². The molecule has 11 nitrogen and oxygen atoms in total. The minimum Gasteiger partial charge on any atom is -0.480 e. The largest absolute Gasteiger partial charge is 0.480 e. The Balaban J connectivity index is 4.55. The first-order chi connectivity index (χ1) is 10.5. The molecule has 0 aromatic rings. The van der Waals surface area contributed by atoms with Gasteiger partial charge in [0.15, 0.2) is 0 Å². The number of hydrogen-bond donors (Lipinski definition) is 6. The van der Waals surface area contributed by atoms with E-state index in [1.807, 2.05) is 5.32 Å². The molecule has 12 heteroatoms. The third-order valence-corrected chi connectivity index (χ3v) is 3.26. The molecule has 2 atom stereocenters. The lowest BCUT2D eigenvalue weighted by atomic mass is 10.2. The highest BCUT2D eigenvalue weighted by molar-refractivity contribution is 7.52. The van der Waals surface area contributed by atoms with Crippen molar-refractivity contribution in [1.82, 2.24) is 16.0 Å². The Kier molecular flexibility index (Phi) is 8.44. The van der Waals surface area contributed by atoms with E-state index in [0.717, 1.165) is 0 Å². The molecule has 132 valence electrons. The lowest BCUT2D eigenvalue weighted by molar-refractivity contribution is -0.142. The van der Waals surface area contributed by atoms with Crippen LogP contribution in [0.2, 0.25) is 0 Å². The quantitative estimate of drug-likeness (QED) is 0.252. The third-order valence-electron chi connectivity index (χ3n) is 2.56. The van der Waals surface area contributed by atoms with Gasteiger partial charge in [-0.3, -0.25) is 18.9 Å². The summed E-state index contributed by atoms with van der Waals surface area (Å²) in [4.78, 5) is 62.4. The van der Waals surface area contributed by atoms with Crippen LogP contribution in [-0.4, -0.2) is 63.4 Å². The molecule has 0 saturated heterocycles. The zero-order chi connectivity index (χ0) is 18.2. The Bertz CT molecular complexity index is 517. The second-order valence-electron chi connectivity index (χ2n) is 4.67. The van der Waals surface area contributed by atoms with E-state index in [1.54, 1.807) is 6.92 Å². The van der Waals surface area contributed by atoms with Gasteiger partial charge in [0.25, 0.3) is 0 Å². The summed E-state index contributed by atoms with van der Waals surface area (Å²) >= 11 is 0. The van der Waals surface area contributed by atoms with Gasteiger partial charge in [0.2, 0.25) is 17.7 Å². The Morgan fingerprint density at radius 3 is 2.09 bits per heavy atom. The summed E-state index contributed by atoms with van der Waals surface area (Å²) in [5.74, 6) is -3.67. The summed E-state index contributed by atoms with van der Waals surface area (Å²) in [6.07, 6.45) is -0.936. The van der Waals surface area contributed by atoms with E-state index in [0.29, 0.717) is 0 Å². The van der Waals surface area contributed by atoms with E-state index in [-0.39, 0.29) is 6.42 Å². The van der Waals surface area contributed by atoms with Crippen molar-refractivity contribution in [1.29, 1.82) is 0 Å². The van der Waals surface area contributed by atoms with Crippen LogP contribution in [0.1, 0.15) is 20.3 Å². The fourth-order valence-electron chi connectivity index (χ4n) is 1.36. The molecule has 0 heterocycles. The minimum absolute atomic E-state index is 0.151. The highest BCUT2D eigenvalue weighted by atomic mass is 31.2. The molecule has 0 bridgehead atoms. The van der Waals surface area contributed by atoms with Crippen LogP contribution in [0.25, 0.3) is 0 Å². The molecule has 0 aliphatic heterocycles. The van der Waals surface area contributed by atoms with Crippen LogP contribution < -0.4 is 16.0 Å². The maximum atomic E-state index is 11.8. The van der Waals surface area contributed by atoms with Crippen molar-refractivity contribution < 1.29 is 38.6 Å².